The molecule has 0 aliphatic carbocycles. The Morgan fingerprint density at radius 3 is 2.71 bits per heavy atom. The molecule has 1 aromatic rings. The molecule has 0 amide bonds. The first-order valence-corrected chi connectivity index (χ1v) is 6.55. The number of nitrogens with one attached hydrogen (secondary N) is 1. The molecule has 0 spiro atoms. The average Bonchev–Trinajstić information content (AvgIpc) is 2.32. The van der Waals surface area contributed by atoms with E-state index in [2.05, 4.69) is 51.4 Å². The normalized spacial score (nSPS) is 13.0. The highest BCUT2D eigenvalue weighted by Gasteiger charge is 2.14. The van der Waals surface area contributed by atoms with Gasteiger partial charge in [0.25, 0.3) is 0 Å². The van der Waals surface area contributed by atoms with Gasteiger partial charge in [0, 0.05) is 30.7 Å². The second-order valence-corrected chi connectivity index (χ2v) is 5.03. The Bertz CT molecular complexity index is 327. The van der Waals surface area contributed by atoms with Crippen LogP contribution in [0.15, 0.2) is 28.7 Å². The van der Waals surface area contributed by atoms with Crippen molar-refractivity contribution in [1.29, 1.82) is 0 Å². The smallest absolute Gasteiger partial charge is 0.0630 e. The molecule has 17 heavy (non-hydrogen) atoms. The molecule has 1 aromatic carbocycles. The summed E-state index contributed by atoms with van der Waals surface area (Å²) in [7, 11) is 5.84. The van der Waals surface area contributed by atoms with Gasteiger partial charge in [0.15, 0.2) is 0 Å². The molecule has 96 valence electrons. The fourth-order valence-electron chi connectivity index (χ4n) is 1.79. The quantitative estimate of drug-likeness (QED) is 0.835. The van der Waals surface area contributed by atoms with E-state index in [0.29, 0.717) is 6.04 Å². The highest BCUT2D eigenvalue weighted by molar-refractivity contribution is 9.10. The number of halogens is 1. The van der Waals surface area contributed by atoms with Crippen molar-refractivity contribution in [2.75, 3.05) is 34.4 Å². The highest BCUT2D eigenvalue weighted by atomic mass is 79.9. The number of nitrogens with zero attached hydrogens (tertiary/aromatic N) is 1. The first kappa shape index (κ1) is 14.6. The first-order valence-electron chi connectivity index (χ1n) is 5.76. The van der Waals surface area contributed by atoms with Crippen LogP contribution in [0.3, 0.4) is 0 Å². The summed E-state index contributed by atoms with van der Waals surface area (Å²) in [6.45, 7) is 2.58. The molecule has 0 aliphatic heterocycles. The second kappa shape index (κ2) is 7.82. The Kier molecular flexibility index (Phi) is 6.73. The van der Waals surface area contributed by atoms with Gasteiger partial charge in [0.2, 0.25) is 0 Å². The summed E-state index contributed by atoms with van der Waals surface area (Å²) >= 11 is 3.58. The average molecular weight is 301 g/mol. The van der Waals surface area contributed by atoms with Crippen molar-refractivity contribution in [1.82, 2.24) is 10.2 Å². The molecule has 0 fully saturated rings. The lowest BCUT2D eigenvalue weighted by Crippen LogP contribution is -2.41. The summed E-state index contributed by atoms with van der Waals surface area (Å²) in [4.78, 5) is 2.31. The standard InChI is InChI=1S/C13H21BrN2O/c1-15-8-12(10-17-3)16(2)9-11-6-4-5-7-13(11)14/h4-7,12,15H,8-10H2,1-3H3. The van der Waals surface area contributed by atoms with Gasteiger partial charge < -0.3 is 10.1 Å². The second-order valence-electron chi connectivity index (χ2n) is 4.17. The maximum Gasteiger partial charge on any atom is 0.0630 e. The predicted molar refractivity (Wildman–Crippen MR) is 75.2 cm³/mol. The third-order valence-corrected chi connectivity index (χ3v) is 3.57. The minimum atomic E-state index is 0.386. The van der Waals surface area contributed by atoms with Gasteiger partial charge in [0.1, 0.15) is 0 Å². The maximum atomic E-state index is 5.25. The molecular formula is C13H21BrN2O. The summed E-state index contributed by atoms with van der Waals surface area (Å²) in [5, 5.41) is 3.20. The van der Waals surface area contributed by atoms with Crippen LogP contribution in [0, 0.1) is 0 Å². The molecule has 1 atom stereocenters. The minimum Gasteiger partial charge on any atom is -0.383 e. The summed E-state index contributed by atoms with van der Waals surface area (Å²) in [6.07, 6.45) is 0. The summed E-state index contributed by atoms with van der Waals surface area (Å²) in [6, 6.07) is 8.71. The monoisotopic (exact) mass is 300 g/mol. The Morgan fingerprint density at radius 1 is 1.41 bits per heavy atom. The Balaban J connectivity index is 2.62. The van der Waals surface area contributed by atoms with E-state index in [1.54, 1.807) is 7.11 Å². The minimum absolute atomic E-state index is 0.386. The van der Waals surface area contributed by atoms with Gasteiger partial charge in [-0.15, -0.1) is 0 Å². The molecule has 4 heteroatoms. The summed E-state index contributed by atoms with van der Waals surface area (Å²) in [5.74, 6) is 0. The number of benzene rings is 1. The van der Waals surface area contributed by atoms with Gasteiger partial charge in [-0.3, -0.25) is 4.90 Å². The van der Waals surface area contributed by atoms with Crippen LogP contribution in [-0.2, 0) is 11.3 Å². The molecule has 0 bridgehead atoms. The van der Waals surface area contributed by atoms with Crippen LogP contribution in [0.5, 0.6) is 0 Å². The molecule has 0 aromatic heterocycles. The number of hydrogen-bond donors (Lipinski definition) is 1. The van der Waals surface area contributed by atoms with Crippen LogP contribution in [0.2, 0.25) is 0 Å². The molecule has 0 heterocycles. The first-order chi connectivity index (χ1) is 8.19. The van der Waals surface area contributed by atoms with Crippen molar-refractivity contribution in [2.24, 2.45) is 0 Å². The molecule has 0 aliphatic rings. The molecule has 3 nitrogen and oxygen atoms in total. The topological polar surface area (TPSA) is 24.5 Å². The lowest BCUT2D eigenvalue weighted by atomic mass is 10.2. The van der Waals surface area contributed by atoms with E-state index >= 15 is 0 Å². The molecule has 0 radical (unpaired) electrons. The summed E-state index contributed by atoms with van der Waals surface area (Å²) < 4.78 is 6.41. The Hall–Kier alpha value is -0.420. The summed E-state index contributed by atoms with van der Waals surface area (Å²) in [5.41, 5.74) is 1.30. The van der Waals surface area contributed by atoms with Crippen LogP contribution in [0.4, 0.5) is 0 Å². The molecular weight excluding hydrogens is 280 g/mol. The van der Waals surface area contributed by atoms with Crippen molar-refractivity contribution in [3.05, 3.63) is 34.3 Å². The third-order valence-electron chi connectivity index (χ3n) is 2.80. The van der Waals surface area contributed by atoms with Crippen molar-refractivity contribution in [3.8, 4) is 0 Å². The zero-order valence-electron chi connectivity index (χ0n) is 10.7. The van der Waals surface area contributed by atoms with E-state index in [0.717, 1.165) is 24.2 Å². The highest BCUT2D eigenvalue weighted by Crippen LogP contribution is 2.18. The van der Waals surface area contributed by atoms with Gasteiger partial charge in [-0.1, -0.05) is 34.1 Å². The SMILES string of the molecule is CNCC(COC)N(C)Cc1ccccc1Br. The molecule has 1 unspecified atom stereocenters. The van der Waals surface area contributed by atoms with Crippen LogP contribution in [-0.4, -0.2) is 45.3 Å². The van der Waals surface area contributed by atoms with Gasteiger partial charge in [-0.25, -0.2) is 0 Å². The van der Waals surface area contributed by atoms with Crippen LogP contribution in [0.25, 0.3) is 0 Å². The number of rotatable bonds is 7. The predicted octanol–water partition coefficient (Wildman–Crippen LogP) is 2.12. The van der Waals surface area contributed by atoms with E-state index in [-0.39, 0.29) is 0 Å². The van der Waals surface area contributed by atoms with E-state index in [1.807, 2.05) is 13.1 Å². The van der Waals surface area contributed by atoms with Crippen molar-refractivity contribution >= 4 is 15.9 Å². The van der Waals surface area contributed by atoms with Crippen LogP contribution >= 0.6 is 15.9 Å². The lowest BCUT2D eigenvalue weighted by Gasteiger charge is -2.27. The number of hydrogen-bond acceptors (Lipinski definition) is 3. The van der Waals surface area contributed by atoms with E-state index in [9.17, 15) is 0 Å². The van der Waals surface area contributed by atoms with Crippen LogP contribution in [0.1, 0.15) is 5.56 Å². The van der Waals surface area contributed by atoms with E-state index < -0.39 is 0 Å². The van der Waals surface area contributed by atoms with E-state index in [1.165, 1.54) is 5.56 Å². The van der Waals surface area contributed by atoms with Gasteiger partial charge >= 0.3 is 0 Å². The van der Waals surface area contributed by atoms with Crippen molar-refractivity contribution in [2.45, 2.75) is 12.6 Å². The van der Waals surface area contributed by atoms with Gasteiger partial charge in [-0.05, 0) is 25.7 Å². The largest absolute Gasteiger partial charge is 0.383 e. The zero-order chi connectivity index (χ0) is 12.7. The molecule has 0 saturated carbocycles. The molecule has 0 saturated heterocycles. The number of ether oxygens (including phenoxy) is 1. The zero-order valence-corrected chi connectivity index (χ0v) is 12.3. The number of likely N-dealkylation sites (N-methyl/N-ethyl adjacent to an activating group) is 2. The van der Waals surface area contributed by atoms with Crippen molar-refractivity contribution in [3.63, 3.8) is 0 Å². The fourth-order valence-corrected chi connectivity index (χ4v) is 2.20. The Morgan fingerprint density at radius 2 is 2.12 bits per heavy atom. The van der Waals surface area contributed by atoms with Gasteiger partial charge in [-0.2, -0.15) is 0 Å². The van der Waals surface area contributed by atoms with Crippen LogP contribution < -0.4 is 5.32 Å². The third kappa shape index (κ3) is 4.76. The lowest BCUT2D eigenvalue weighted by molar-refractivity contribution is 0.102. The maximum absolute atomic E-state index is 5.25. The van der Waals surface area contributed by atoms with Crippen molar-refractivity contribution < 1.29 is 4.74 Å². The Labute approximate surface area is 112 Å². The van der Waals surface area contributed by atoms with Gasteiger partial charge in [0.05, 0.1) is 6.61 Å². The fraction of sp³-hybridized carbons (Fsp3) is 0.538. The van der Waals surface area contributed by atoms with E-state index in [4.69, 9.17) is 4.74 Å². The number of methoxy groups -OCH3 is 1. The molecule has 1 N–H and O–H groups in total. The molecule has 1 rings (SSSR count).